The van der Waals surface area contributed by atoms with E-state index in [0.29, 0.717) is 22.6 Å². The van der Waals surface area contributed by atoms with Crippen LogP contribution in [0, 0.1) is 0 Å². The van der Waals surface area contributed by atoms with Crippen LogP contribution in [0.4, 0.5) is 0 Å². The maximum Gasteiger partial charge on any atom is 0.347 e. The zero-order valence-corrected chi connectivity index (χ0v) is 29.1. The molecule has 8 rings (SSSR count). The first kappa shape index (κ1) is 35.1. The van der Waals surface area contributed by atoms with Crippen LogP contribution in [-0.4, -0.2) is 23.5 Å². The average molecular weight is 739 g/mol. The van der Waals surface area contributed by atoms with Crippen molar-refractivity contribution in [3.63, 3.8) is 0 Å². The molecule has 0 saturated heterocycles. The van der Waals surface area contributed by atoms with E-state index < -0.39 is 23.2 Å². The van der Waals surface area contributed by atoms with Gasteiger partial charge in [-0.3, -0.25) is 9.59 Å². The number of ketones is 2. The Bertz CT molecular complexity index is 2710. The van der Waals surface area contributed by atoms with E-state index >= 15 is 0 Å². The van der Waals surface area contributed by atoms with Crippen LogP contribution in [0.2, 0.25) is 0 Å². The van der Waals surface area contributed by atoms with Crippen molar-refractivity contribution < 1.29 is 37.8 Å². The molecule has 7 aromatic rings. The molecule has 0 unspecified atom stereocenters. The predicted octanol–water partition coefficient (Wildman–Crippen LogP) is 8.99. The lowest BCUT2D eigenvalue weighted by Crippen LogP contribution is -2.18. The molecular formula is C46H26O10. The third-order valence-electron chi connectivity index (χ3n) is 8.94. The quantitative estimate of drug-likeness (QED) is 0.0577. The number of ether oxygens (including phenoxy) is 3. The molecule has 0 fully saturated rings. The number of allylic oxidation sites excluding steroid dienone is 2. The van der Waals surface area contributed by atoms with Crippen LogP contribution in [0.25, 0.3) is 33.7 Å². The molecule has 1 aliphatic rings. The maximum atomic E-state index is 13.4. The maximum absolute atomic E-state index is 13.4. The van der Waals surface area contributed by atoms with Gasteiger partial charge in [-0.1, -0.05) is 97.1 Å². The molecule has 1 aromatic heterocycles. The number of rotatable bonds is 10. The highest BCUT2D eigenvalue weighted by molar-refractivity contribution is 6.21. The number of cyclic esters (lactones) is 2. The Hall–Kier alpha value is -7.98. The summed E-state index contributed by atoms with van der Waals surface area (Å²) in [7, 11) is 0. The highest BCUT2D eigenvalue weighted by Gasteiger charge is 2.28. The van der Waals surface area contributed by atoms with E-state index in [0.717, 1.165) is 11.1 Å². The summed E-state index contributed by atoms with van der Waals surface area (Å²) in [5.74, 6) is -1.76. The molecule has 10 nitrogen and oxygen atoms in total. The summed E-state index contributed by atoms with van der Waals surface area (Å²) in [6.45, 7) is 0. The predicted molar refractivity (Wildman–Crippen MR) is 209 cm³/mol. The van der Waals surface area contributed by atoms with Crippen molar-refractivity contribution >= 4 is 57.2 Å². The number of carbonyl (C=O) groups is 4. The first-order valence-electron chi connectivity index (χ1n) is 17.2. The first-order chi connectivity index (χ1) is 27.2. The van der Waals surface area contributed by atoms with Gasteiger partial charge in [0.2, 0.25) is 0 Å². The largest absolute Gasteiger partial charge is 0.457 e. The van der Waals surface area contributed by atoms with Gasteiger partial charge in [0.15, 0.2) is 11.6 Å². The van der Waals surface area contributed by atoms with Gasteiger partial charge >= 0.3 is 23.2 Å². The smallest absolute Gasteiger partial charge is 0.347 e. The van der Waals surface area contributed by atoms with Crippen molar-refractivity contribution in [2.45, 2.75) is 0 Å². The highest BCUT2D eigenvalue weighted by atomic mass is 16.6. The zero-order chi connectivity index (χ0) is 38.8. The van der Waals surface area contributed by atoms with Gasteiger partial charge in [0.1, 0.15) is 23.0 Å². The summed E-state index contributed by atoms with van der Waals surface area (Å²) < 4.78 is 22.5. The van der Waals surface area contributed by atoms with Gasteiger partial charge in [-0.05, 0) is 71.8 Å². The molecule has 0 aliphatic carbocycles. The van der Waals surface area contributed by atoms with Gasteiger partial charge in [0.05, 0.1) is 21.9 Å². The van der Waals surface area contributed by atoms with Gasteiger partial charge in [-0.15, -0.1) is 0 Å². The number of hydrogen-bond donors (Lipinski definition) is 0. The zero-order valence-electron chi connectivity index (χ0n) is 29.1. The summed E-state index contributed by atoms with van der Waals surface area (Å²) >= 11 is 0. The molecule has 270 valence electrons. The fourth-order valence-corrected chi connectivity index (χ4v) is 6.22. The van der Waals surface area contributed by atoms with Crippen molar-refractivity contribution in [3.8, 4) is 23.0 Å². The standard InChI is InChI=1S/C46H26O10/c47-39(29-7-3-1-4-8-29)21-15-27-11-17-31(18-12-27)53-33-23-35-36-24-34(54-32-19-13-28(14-20-32)16-22-40(48)30-9-5-2-6-10-30)26-38-42(36)46(52)56-45(51)41(35)37(25-33)43(49)55-44(38)50/h1-26H. The number of esters is 2. The van der Waals surface area contributed by atoms with Crippen LogP contribution in [0.3, 0.4) is 0 Å². The summed E-state index contributed by atoms with van der Waals surface area (Å²) in [6, 6.07) is 36.6. The van der Waals surface area contributed by atoms with Crippen LogP contribution in [0.15, 0.2) is 160 Å². The van der Waals surface area contributed by atoms with Crippen LogP contribution in [0.5, 0.6) is 23.0 Å². The van der Waals surface area contributed by atoms with Gasteiger partial charge in [-0.25, -0.2) is 19.2 Å². The van der Waals surface area contributed by atoms with E-state index in [9.17, 15) is 28.8 Å². The van der Waals surface area contributed by atoms with E-state index in [2.05, 4.69) is 0 Å². The molecule has 6 bridgehead atoms. The van der Waals surface area contributed by atoms with Crippen molar-refractivity contribution in [2.75, 3.05) is 0 Å². The van der Waals surface area contributed by atoms with Gasteiger partial charge < -0.3 is 18.6 Å². The third kappa shape index (κ3) is 7.17. The van der Waals surface area contributed by atoms with E-state index in [1.165, 1.54) is 36.4 Å². The van der Waals surface area contributed by atoms with Crippen LogP contribution < -0.4 is 20.7 Å². The fraction of sp³-hybridized carbons (Fsp3) is 0. The van der Waals surface area contributed by atoms with Crippen LogP contribution >= 0.6 is 0 Å². The lowest BCUT2D eigenvalue weighted by Gasteiger charge is -2.10. The Balaban J connectivity index is 1.14. The van der Waals surface area contributed by atoms with Crippen molar-refractivity contribution in [3.05, 3.63) is 200 Å². The lowest BCUT2D eigenvalue weighted by atomic mass is 10.0. The minimum atomic E-state index is -1.16. The molecular weight excluding hydrogens is 712 g/mol. The lowest BCUT2D eigenvalue weighted by molar-refractivity contribution is 0.0399. The number of carbonyl (C=O) groups excluding carboxylic acids is 4. The molecule has 6 aromatic carbocycles. The van der Waals surface area contributed by atoms with Crippen molar-refractivity contribution in [1.29, 1.82) is 0 Å². The van der Waals surface area contributed by atoms with Gasteiger partial charge in [-0.2, -0.15) is 0 Å². The molecule has 0 radical (unpaired) electrons. The van der Waals surface area contributed by atoms with Crippen LogP contribution in [-0.2, 0) is 4.74 Å². The minimum Gasteiger partial charge on any atom is -0.457 e. The van der Waals surface area contributed by atoms with E-state index in [-0.39, 0.29) is 55.7 Å². The molecule has 0 amide bonds. The summed E-state index contributed by atoms with van der Waals surface area (Å²) in [5, 5.41) is -0.442. The molecule has 10 heteroatoms. The average Bonchev–Trinajstić information content (AvgIpc) is 3.32. The molecule has 1 aliphatic heterocycles. The van der Waals surface area contributed by atoms with Gasteiger partial charge in [0.25, 0.3) is 0 Å². The minimum absolute atomic E-state index is 0.0734. The molecule has 56 heavy (non-hydrogen) atoms. The molecule has 0 atom stereocenters. The number of hydrogen-bond acceptors (Lipinski definition) is 10. The second kappa shape index (κ2) is 14.8. The Morgan fingerprint density at radius 3 is 1.25 bits per heavy atom. The summed E-state index contributed by atoms with van der Waals surface area (Å²) in [6.07, 6.45) is 6.26. The highest BCUT2D eigenvalue weighted by Crippen LogP contribution is 2.36. The molecule has 0 saturated carbocycles. The topological polar surface area (TPSA) is 143 Å². The molecule has 0 spiro atoms. The van der Waals surface area contributed by atoms with E-state index in [1.54, 1.807) is 109 Å². The van der Waals surface area contributed by atoms with Gasteiger partial charge in [0, 0.05) is 21.9 Å². The number of benzene rings is 6. The Morgan fingerprint density at radius 1 is 0.464 bits per heavy atom. The Kier molecular flexibility index (Phi) is 9.27. The van der Waals surface area contributed by atoms with Crippen molar-refractivity contribution in [2.24, 2.45) is 0 Å². The second-order valence-corrected chi connectivity index (χ2v) is 12.6. The summed E-state index contributed by atoms with van der Waals surface area (Å²) in [5.41, 5.74) is -0.378. The van der Waals surface area contributed by atoms with E-state index in [4.69, 9.17) is 18.6 Å². The summed E-state index contributed by atoms with van der Waals surface area (Å²) in [4.78, 5) is 78.6. The van der Waals surface area contributed by atoms with Crippen molar-refractivity contribution in [1.82, 2.24) is 0 Å². The third-order valence-corrected chi connectivity index (χ3v) is 8.94. The monoisotopic (exact) mass is 738 g/mol. The Labute approximate surface area is 317 Å². The van der Waals surface area contributed by atoms with Crippen LogP contribution in [0.1, 0.15) is 52.6 Å². The molecule has 2 heterocycles. The first-order valence-corrected chi connectivity index (χ1v) is 17.2. The second-order valence-electron chi connectivity index (χ2n) is 12.6. The fourth-order valence-electron chi connectivity index (χ4n) is 6.22. The SMILES string of the molecule is O=C(C=Cc1ccc(Oc2cc3c4c(=O)oc(=O)c5c(cc(Oc6ccc(C=CC(=O)c7ccccc7)cc6)cc5c4c2)C(=O)OC3=O)cc1)c1ccccc1. The Morgan fingerprint density at radius 2 is 0.857 bits per heavy atom. The molecule has 0 N–H and O–H groups in total. The normalized spacial score (nSPS) is 12.3. The van der Waals surface area contributed by atoms with E-state index in [1.807, 2.05) is 12.1 Å².